The molecule has 9 aromatic rings. The summed E-state index contributed by atoms with van der Waals surface area (Å²) < 4.78 is 4.66. The first kappa shape index (κ1) is 24.5. The van der Waals surface area contributed by atoms with Crippen LogP contribution in [0.15, 0.2) is 146 Å². The molecule has 6 nitrogen and oxygen atoms in total. The number of aromatic nitrogens is 6. The number of rotatable bonds is 4. The van der Waals surface area contributed by atoms with Gasteiger partial charge in [0.1, 0.15) is 0 Å². The van der Waals surface area contributed by atoms with Crippen LogP contribution in [0.1, 0.15) is 0 Å². The van der Waals surface area contributed by atoms with Gasteiger partial charge in [-0.15, -0.1) is 0 Å². The first-order valence-electron chi connectivity index (χ1n) is 14.6. The number of hydrogen-bond donors (Lipinski definition) is 0. The van der Waals surface area contributed by atoms with Crippen LogP contribution in [0.4, 0.5) is 0 Å². The lowest BCUT2D eigenvalue weighted by molar-refractivity contribution is 1.14. The normalized spacial score (nSPS) is 11.6. The maximum absolute atomic E-state index is 5.10. The van der Waals surface area contributed by atoms with Gasteiger partial charge in [0.15, 0.2) is 0 Å². The second-order valence-electron chi connectivity index (χ2n) is 10.8. The van der Waals surface area contributed by atoms with E-state index in [1.54, 1.807) is 0 Å². The fraction of sp³-hybridized carbons (Fsp3) is 0. The summed E-state index contributed by atoms with van der Waals surface area (Å²) in [5.41, 5.74) is 12.0. The summed E-state index contributed by atoms with van der Waals surface area (Å²) in [7, 11) is 0. The molecule has 6 heterocycles. The molecule has 0 radical (unpaired) electrons. The molecule has 0 aliphatic heterocycles. The zero-order chi connectivity index (χ0) is 29.0. The number of pyridine rings is 4. The van der Waals surface area contributed by atoms with Gasteiger partial charge in [-0.3, -0.25) is 19.9 Å². The second kappa shape index (κ2) is 9.71. The predicted octanol–water partition coefficient (Wildman–Crippen LogP) is 8.79. The van der Waals surface area contributed by atoms with E-state index in [0.717, 1.165) is 77.8 Å². The molecule has 9 rings (SSSR count). The van der Waals surface area contributed by atoms with Crippen LogP contribution in [0.25, 0.3) is 77.8 Å². The van der Waals surface area contributed by atoms with Gasteiger partial charge >= 0.3 is 0 Å². The summed E-state index contributed by atoms with van der Waals surface area (Å²) >= 11 is 0. The largest absolute Gasteiger partial charge is 0.306 e. The molecule has 0 bridgehead atoms. The van der Waals surface area contributed by atoms with Crippen molar-refractivity contribution in [3.05, 3.63) is 146 Å². The summed E-state index contributed by atoms with van der Waals surface area (Å²) in [5.74, 6) is 0. The smallest absolute Gasteiger partial charge is 0.0985 e. The van der Waals surface area contributed by atoms with Gasteiger partial charge < -0.3 is 9.13 Å². The molecule has 0 amide bonds. The number of para-hydroxylation sites is 2. The van der Waals surface area contributed by atoms with Crippen LogP contribution in [0.2, 0.25) is 0 Å². The van der Waals surface area contributed by atoms with E-state index < -0.39 is 0 Å². The Kier molecular flexibility index (Phi) is 5.40. The minimum absolute atomic E-state index is 0.901. The highest BCUT2D eigenvalue weighted by Gasteiger charge is 2.23. The van der Waals surface area contributed by atoms with Crippen molar-refractivity contribution in [2.24, 2.45) is 0 Å². The lowest BCUT2D eigenvalue weighted by atomic mass is 10.0. The molecule has 0 saturated carbocycles. The van der Waals surface area contributed by atoms with Crippen LogP contribution in [0, 0.1) is 0 Å². The van der Waals surface area contributed by atoms with Crippen LogP contribution < -0.4 is 0 Å². The van der Waals surface area contributed by atoms with E-state index >= 15 is 0 Å². The average Bonchev–Trinajstić information content (AvgIpc) is 3.62. The first-order valence-corrected chi connectivity index (χ1v) is 14.6. The van der Waals surface area contributed by atoms with Crippen LogP contribution in [-0.2, 0) is 0 Å². The minimum Gasteiger partial charge on any atom is -0.306 e. The van der Waals surface area contributed by atoms with Crippen molar-refractivity contribution < 1.29 is 0 Å². The molecular formula is C38H24N6. The van der Waals surface area contributed by atoms with Crippen LogP contribution in [-0.4, -0.2) is 29.1 Å². The summed E-state index contributed by atoms with van der Waals surface area (Å²) in [5, 5.41) is 2.09. The van der Waals surface area contributed by atoms with E-state index in [2.05, 4.69) is 81.9 Å². The molecule has 3 aromatic carbocycles. The Morgan fingerprint density at radius 2 is 1.05 bits per heavy atom. The molecule has 0 aliphatic rings. The van der Waals surface area contributed by atoms with E-state index in [9.17, 15) is 0 Å². The maximum atomic E-state index is 5.10. The minimum atomic E-state index is 0.901. The second-order valence-corrected chi connectivity index (χ2v) is 10.8. The molecular weight excluding hydrogens is 540 g/mol. The molecule has 206 valence electrons. The zero-order valence-corrected chi connectivity index (χ0v) is 23.5. The van der Waals surface area contributed by atoms with Crippen molar-refractivity contribution in [1.29, 1.82) is 0 Å². The quantitative estimate of drug-likeness (QED) is 0.214. The van der Waals surface area contributed by atoms with Crippen molar-refractivity contribution in [3.63, 3.8) is 0 Å². The molecule has 44 heavy (non-hydrogen) atoms. The molecule has 0 fully saturated rings. The topological polar surface area (TPSA) is 61.4 Å². The molecule has 0 spiro atoms. The Hall–Kier alpha value is -6.14. The molecule has 0 atom stereocenters. The number of nitrogens with zero attached hydrogens (tertiary/aromatic N) is 6. The molecule has 6 heteroatoms. The molecule has 0 unspecified atom stereocenters. The Balaban J connectivity index is 1.48. The van der Waals surface area contributed by atoms with Gasteiger partial charge in [0.2, 0.25) is 0 Å². The fourth-order valence-electron chi connectivity index (χ4n) is 6.41. The third kappa shape index (κ3) is 3.68. The molecule has 0 N–H and O–H groups in total. The lowest BCUT2D eigenvalue weighted by Crippen LogP contribution is -2.00. The monoisotopic (exact) mass is 564 g/mol. The standard InChI is InChI=1S/C38H24N6/c1-2-11-27(12-3-1)43-34-17-10-20-41-35(34)30-24-42-36-29-13-4-5-16-33(29)44(38(36)37(30)43)28-22-25(31-14-6-8-18-39-31)21-26(23-28)32-15-7-9-19-40-32/h1-24H. The summed E-state index contributed by atoms with van der Waals surface area (Å²) in [6.45, 7) is 0. The summed E-state index contributed by atoms with van der Waals surface area (Å²) in [4.78, 5) is 19.4. The number of fused-ring (bicyclic) bond motifs is 7. The fourth-order valence-corrected chi connectivity index (χ4v) is 6.41. The number of hydrogen-bond acceptors (Lipinski definition) is 4. The van der Waals surface area contributed by atoms with E-state index in [1.165, 1.54) is 0 Å². The lowest BCUT2D eigenvalue weighted by Gasteiger charge is -2.15. The Labute approximate surface area is 252 Å². The molecule has 0 aliphatic carbocycles. The van der Waals surface area contributed by atoms with Gasteiger partial charge in [0.05, 0.1) is 44.5 Å². The summed E-state index contributed by atoms with van der Waals surface area (Å²) in [6, 6.07) is 41.7. The third-order valence-electron chi connectivity index (χ3n) is 8.27. The van der Waals surface area contributed by atoms with Crippen molar-refractivity contribution in [3.8, 4) is 33.9 Å². The van der Waals surface area contributed by atoms with E-state index in [0.29, 0.717) is 0 Å². The molecule has 0 saturated heterocycles. The van der Waals surface area contributed by atoms with Gasteiger partial charge in [0, 0.05) is 58.1 Å². The Bertz CT molecular complexity index is 2420. The maximum Gasteiger partial charge on any atom is 0.0985 e. The van der Waals surface area contributed by atoms with E-state index in [4.69, 9.17) is 19.9 Å². The summed E-state index contributed by atoms with van der Waals surface area (Å²) in [6.07, 6.45) is 7.50. The SMILES string of the molecule is c1ccc(-n2c3cccnc3c3cnc4c5ccccc5n(-c5cc(-c6ccccn6)cc(-c6ccccn6)c5)c4c32)cc1. The molecule has 6 aromatic heterocycles. The highest BCUT2D eigenvalue weighted by atomic mass is 15.1. The third-order valence-corrected chi connectivity index (χ3v) is 8.27. The van der Waals surface area contributed by atoms with Gasteiger partial charge in [-0.05, 0) is 72.8 Å². The van der Waals surface area contributed by atoms with E-state index in [1.807, 2.05) is 73.3 Å². The Morgan fingerprint density at radius 1 is 0.409 bits per heavy atom. The van der Waals surface area contributed by atoms with Crippen LogP contribution in [0.5, 0.6) is 0 Å². The predicted molar refractivity (Wildman–Crippen MR) is 177 cm³/mol. The highest BCUT2D eigenvalue weighted by Crippen LogP contribution is 2.41. The van der Waals surface area contributed by atoms with Gasteiger partial charge in [-0.2, -0.15) is 0 Å². The van der Waals surface area contributed by atoms with Crippen LogP contribution in [0.3, 0.4) is 0 Å². The van der Waals surface area contributed by atoms with Crippen molar-refractivity contribution in [2.75, 3.05) is 0 Å². The van der Waals surface area contributed by atoms with Crippen molar-refractivity contribution >= 4 is 43.9 Å². The highest BCUT2D eigenvalue weighted by molar-refractivity contribution is 6.21. The first-order chi connectivity index (χ1) is 21.8. The van der Waals surface area contributed by atoms with Gasteiger partial charge in [0.25, 0.3) is 0 Å². The Morgan fingerprint density at radius 3 is 1.77 bits per heavy atom. The van der Waals surface area contributed by atoms with Crippen molar-refractivity contribution in [2.45, 2.75) is 0 Å². The average molecular weight is 565 g/mol. The van der Waals surface area contributed by atoms with Gasteiger partial charge in [-0.25, -0.2) is 0 Å². The van der Waals surface area contributed by atoms with Crippen LogP contribution >= 0.6 is 0 Å². The zero-order valence-electron chi connectivity index (χ0n) is 23.5. The number of benzene rings is 3. The van der Waals surface area contributed by atoms with Crippen molar-refractivity contribution in [1.82, 2.24) is 29.1 Å². The van der Waals surface area contributed by atoms with E-state index in [-0.39, 0.29) is 0 Å². The van der Waals surface area contributed by atoms with Gasteiger partial charge in [-0.1, -0.05) is 48.5 Å².